The Morgan fingerprint density at radius 2 is 2.24 bits per heavy atom. The van der Waals surface area contributed by atoms with Crippen LogP contribution in [-0.4, -0.2) is 21.8 Å². The van der Waals surface area contributed by atoms with Crippen LogP contribution in [0, 0.1) is 0 Å². The molecule has 2 heterocycles. The second-order valence-electron chi connectivity index (χ2n) is 4.00. The summed E-state index contributed by atoms with van der Waals surface area (Å²) in [5.41, 5.74) is 13.0. The van der Waals surface area contributed by atoms with Crippen molar-refractivity contribution in [3.63, 3.8) is 0 Å². The molecule has 0 saturated heterocycles. The predicted octanol–water partition coefficient (Wildman–Crippen LogP) is 1.17. The number of nitrogens with two attached hydrogens (primary N) is 2. The summed E-state index contributed by atoms with van der Waals surface area (Å²) < 4.78 is 0. The Hall–Kier alpha value is -2.19. The number of aromatic nitrogens is 2. The molecular formula is C12H15ClN6OS. The molecule has 7 nitrogen and oxygen atoms in total. The summed E-state index contributed by atoms with van der Waals surface area (Å²) in [6.45, 7) is 1.85. The zero-order valence-corrected chi connectivity index (χ0v) is 12.9. The molecule has 0 aliphatic heterocycles. The van der Waals surface area contributed by atoms with Crippen LogP contribution in [0.25, 0.3) is 11.3 Å². The first-order valence-corrected chi connectivity index (χ1v) is 6.67. The third-order valence-corrected chi connectivity index (χ3v) is 3.08. The summed E-state index contributed by atoms with van der Waals surface area (Å²) in [5.74, 6) is -0.118. The first kappa shape index (κ1) is 16.9. The van der Waals surface area contributed by atoms with Crippen LogP contribution >= 0.6 is 23.7 Å². The van der Waals surface area contributed by atoms with Gasteiger partial charge in [0.05, 0.1) is 17.9 Å². The maximum atomic E-state index is 10.9. The highest BCUT2D eigenvalue weighted by atomic mass is 35.5. The van der Waals surface area contributed by atoms with Crippen LogP contribution in [0.1, 0.15) is 12.6 Å². The summed E-state index contributed by atoms with van der Waals surface area (Å²) in [4.78, 5) is 23.3. The molecule has 2 rings (SSSR count). The van der Waals surface area contributed by atoms with Gasteiger partial charge in [0.15, 0.2) is 5.96 Å². The fraction of sp³-hybridized carbons (Fsp3) is 0.167. The van der Waals surface area contributed by atoms with Gasteiger partial charge in [-0.1, -0.05) is 0 Å². The molecular weight excluding hydrogens is 312 g/mol. The standard InChI is InChI=1S/C12H14N6OS.ClH/c1-7(19)16-5-9-4-8(2-3-15-9)10-6-20-12(17-10)18-11(13)14;/h2-4,6H,5H2,1H3,(H,16,19)(H4,13,14,17,18);1H. The van der Waals surface area contributed by atoms with E-state index in [0.29, 0.717) is 11.7 Å². The molecule has 0 atom stereocenters. The number of hydrogen-bond donors (Lipinski definition) is 3. The molecule has 0 spiro atoms. The Morgan fingerprint density at radius 1 is 1.48 bits per heavy atom. The van der Waals surface area contributed by atoms with Crippen molar-refractivity contribution >= 4 is 40.7 Å². The third kappa shape index (κ3) is 5.01. The summed E-state index contributed by atoms with van der Waals surface area (Å²) in [7, 11) is 0. The van der Waals surface area contributed by atoms with E-state index in [4.69, 9.17) is 11.5 Å². The largest absolute Gasteiger partial charge is 0.370 e. The monoisotopic (exact) mass is 326 g/mol. The minimum absolute atomic E-state index is 0. The summed E-state index contributed by atoms with van der Waals surface area (Å²) >= 11 is 1.35. The maximum Gasteiger partial charge on any atom is 0.217 e. The zero-order valence-electron chi connectivity index (χ0n) is 11.2. The molecule has 2 aromatic rings. The van der Waals surface area contributed by atoms with E-state index in [1.807, 2.05) is 17.5 Å². The average molecular weight is 327 g/mol. The normalized spacial score (nSPS) is 9.57. The molecule has 1 amide bonds. The van der Waals surface area contributed by atoms with Crippen molar-refractivity contribution in [2.24, 2.45) is 16.5 Å². The van der Waals surface area contributed by atoms with Crippen LogP contribution in [0.2, 0.25) is 0 Å². The lowest BCUT2D eigenvalue weighted by atomic mass is 10.2. The maximum absolute atomic E-state index is 10.9. The fourth-order valence-corrected chi connectivity index (χ4v) is 2.22. The number of amides is 1. The first-order valence-electron chi connectivity index (χ1n) is 5.79. The van der Waals surface area contributed by atoms with Gasteiger partial charge in [0.1, 0.15) is 0 Å². The van der Waals surface area contributed by atoms with Crippen molar-refractivity contribution in [3.8, 4) is 11.3 Å². The second kappa shape index (κ2) is 7.55. The summed E-state index contributed by atoms with van der Waals surface area (Å²) in [6.07, 6.45) is 1.67. The Bertz CT molecular complexity index is 653. The number of rotatable bonds is 4. The molecule has 0 aliphatic carbocycles. The van der Waals surface area contributed by atoms with E-state index < -0.39 is 0 Å². The average Bonchev–Trinajstić information content (AvgIpc) is 2.84. The summed E-state index contributed by atoms with van der Waals surface area (Å²) in [6, 6.07) is 3.70. The number of nitrogens with one attached hydrogen (secondary N) is 1. The van der Waals surface area contributed by atoms with Gasteiger partial charge < -0.3 is 16.8 Å². The van der Waals surface area contributed by atoms with Gasteiger partial charge in [-0.15, -0.1) is 23.7 Å². The van der Waals surface area contributed by atoms with Gasteiger partial charge in [-0.3, -0.25) is 9.78 Å². The number of pyridine rings is 1. The fourth-order valence-electron chi connectivity index (χ4n) is 1.51. The molecule has 2 aromatic heterocycles. The highest BCUT2D eigenvalue weighted by molar-refractivity contribution is 7.13. The van der Waals surface area contributed by atoms with Gasteiger partial charge in [-0.05, 0) is 12.1 Å². The Labute approximate surface area is 131 Å². The van der Waals surface area contributed by atoms with Gasteiger partial charge in [0, 0.05) is 24.1 Å². The van der Waals surface area contributed by atoms with E-state index in [0.717, 1.165) is 17.0 Å². The lowest BCUT2D eigenvalue weighted by Crippen LogP contribution is -2.21. The number of thiazole rings is 1. The van der Waals surface area contributed by atoms with Crippen LogP contribution < -0.4 is 16.8 Å². The Kier molecular flexibility index (Phi) is 6.07. The van der Waals surface area contributed by atoms with Gasteiger partial charge >= 0.3 is 0 Å². The van der Waals surface area contributed by atoms with Crippen LogP contribution in [0.3, 0.4) is 0 Å². The van der Waals surface area contributed by atoms with Crippen molar-refractivity contribution < 1.29 is 4.79 Å². The SMILES string of the molecule is CC(=O)NCc1cc(-c2csc(N=C(N)N)n2)ccn1.Cl. The molecule has 0 radical (unpaired) electrons. The number of carbonyl (C=O) groups excluding carboxylic acids is 1. The molecule has 0 fully saturated rings. The number of hydrogen-bond acceptors (Lipinski definition) is 5. The molecule has 0 saturated carbocycles. The minimum Gasteiger partial charge on any atom is -0.370 e. The van der Waals surface area contributed by atoms with Crippen molar-refractivity contribution in [1.82, 2.24) is 15.3 Å². The van der Waals surface area contributed by atoms with Crippen molar-refractivity contribution in [3.05, 3.63) is 29.4 Å². The second-order valence-corrected chi connectivity index (χ2v) is 4.83. The van der Waals surface area contributed by atoms with Gasteiger partial charge in [0.25, 0.3) is 0 Å². The predicted molar refractivity (Wildman–Crippen MR) is 85.6 cm³/mol. The molecule has 0 bridgehead atoms. The number of guanidine groups is 1. The Balaban J connectivity index is 0.00000220. The molecule has 9 heteroatoms. The lowest BCUT2D eigenvalue weighted by Gasteiger charge is -2.03. The van der Waals surface area contributed by atoms with Crippen LogP contribution in [0.15, 0.2) is 28.7 Å². The van der Waals surface area contributed by atoms with Gasteiger partial charge in [-0.2, -0.15) is 4.99 Å². The van der Waals surface area contributed by atoms with Gasteiger partial charge in [0.2, 0.25) is 11.0 Å². The number of nitrogens with zero attached hydrogens (tertiary/aromatic N) is 3. The number of aliphatic imine (C=N–C) groups is 1. The Morgan fingerprint density at radius 3 is 2.90 bits per heavy atom. The van der Waals surface area contributed by atoms with E-state index >= 15 is 0 Å². The highest BCUT2D eigenvalue weighted by Gasteiger charge is 2.06. The third-order valence-electron chi connectivity index (χ3n) is 2.35. The van der Waals surface area contributed by atoms with Crippen LogP contribution in [0.5, 0.6) is 0 Å². The van der Waals surface area contributed by atoms with Crippen LogP contribution in [0.4, 0.5) is 5.13 Å². The number of halogens is 1. The van der Waals surface area contributed by atoms with E-state index in [1.54, 1.807) is 6.20 Å². The van der Waals surface area contributed by atoms with Crippen molar-refractivity contribution in [1.29, 1.82) is 0 Å². The van der Waals surface area contributed by atoms with Crippen molar-refractivity contribution in [2.45, 2.75) is 13.5 Å². The molecule has 0 aliphatic rings. The zero-order chi connectivity index (χ0) is 14.5. The summed E-state index contributed by atoms with van der Waals surface area (Å²) in [5, 5.41) is 5.06. The van der Waals surface area contributed by atoms with E-state index in [1.165, 1.54) is 18.3 Å². The van der Waals surface area contributed by atoms with E-state index in [9.17, 15) is 4.79 Å². The molecule has 112 valence electrons. The minimum atomic E-state index is -0.0964. The highest BCUT2D eigenvalue weighted by Crippen LogP contribution is 2.26. The lowest BCUT2D eigenvalue weighted by molar-refractivity contribution is -0.119. The van der Waals surface area contributed by atoms with E-state index in [2.05, 4.69) is 20.3 Å². The quantitative estimate of drug-likeness (QED) is 0.575. The topological polar surface area (TPSA) is 119 Å². The first-order chi connectivity index (χ1) is 9.54. The molecule has 5 N–H and O–H groups in total. The van der Waals surface area contributed by atoms with E-state index in [-0.39, 0.29) is 24.3 Å². The van der Waals surface area contributed by atoms with Crippen LogP contribution in [-0.2, 0) is 11.3 Å². The molecule has 0 unspecified atom stereocenters. The van der Waals surface area contributed by atoms with Crippen molar-refractivity contribution in [2.75, 3.05) is 0 Å². The molecule has 0 aromatic carbocycles. The smallest absolute Gasteiger partial charge is 0.217 e. The van der Waals surface area contributed by atoms with Gasteiger partial charge in [-0.25, -0.2) is 4.98 Å². The molecule has 21 heavy (non-hydrogen) atoms. The number of carbonyl (C=O) groups is 1.